The van der Waals surface area contributed by atoms with Crippen LogP contribution in [0, 0.1) is 5.92 Å². The summed E-state index contributed by atoms with van der Waals surface area (Å²) in [4.78, 5) is 26.4. The van der Waals surface area contributed by atoms with Crippen LogP contribution in [0.15, 0.2) is 24.3 Å². The lowest BCUT2D eigenvalue weighted by atomic mass is 9.93. The molecular formula is C19H29N3O3. The summed E-state index contributed by atoms with van der Waals surface area (Å²) in [5.74, 6) is 0.113. The lowest BCUT2D eigenvalue weighted by molar-refractivity contribution is -0.120. The minimum atomic E-state index is -0.379. The van der Waals surface area contributed by atoms with Gasteiger partial charge in [-0.15, -0.1) is 0 Å². The SMILES string of the molecule is C[C@H]1CCCN(C(C)(C)CNC(=O)CNC(=O)c2cccc(O)c2)C1. The van der Waals surface area contributed by atoms with Crippen molar-refractivity contribution < 1.29 is 14.7 Å². The molecule has 1 aliphatic heterocycles. The standard InChI is InChI=1S/C19H29N3O3/c1-14-6-5-9-22(12-14)19(2,3)13-21-17(24)11-20-18(25)15-7-4-8-16(23)10-15/h4,7-8,10,14,23H,5-6,9,11-13H2,1-3H3,(H,20,25)(H,21,24)/t14-/m0/s1. The Bertz CT molecular complexity index is 616. The number of likely N-dealkylation sites (tertiary alicyclic amines) is 1. The molecule has 25 heavy (non-hydrogen) atoms. The number of rotatable bonds is 6. The van der Waals surface area contributed by atoms with Crippen LogP contribution < -0.4 is 10.6 Å². The van der Waals surface area contributed by atoms with Gasteiger partial charge < -0.3 is 15.7 Å². The van der Waals surface area contributed by atoms with Gasteiger partial charge >= 0.3 is 0 Å². The van der Waals surface area contributed by atoms with E-state index >= 15 is 0 Å². The summed E-state index contributed by atoms with van der Waals surface area (Å²) < 4.78 is 0. The highest BCUT2D eigenvalue weighted by molar-refractivity contribution is 5.96. The number of nitrogens with one attached hydrogen (secondary N) is 2. The van der Waals surface area contributed by atoms with Gasteiger partial charge in [-0.25, -0.2) is 0 Å². The van der Waals surface area contributed by atoms with Crippen molar-refractivity contribution in [2.45, 2.75) is 39.2 Å². The second-order valence-electron chi connectivity index (χ2n) is 7.52. The first-order chi connectivity index (χ1) is 11.8. The van der Waals surface area contributed by atoms with Gasteiger partial charge in [-0.05, 0) is 57.4 Å². The molecule has 2 rings (SSSR count). The largest absolute Gasteiger partial charge is 0.508 e. The molecule has 0 unspecified atom stereocenters. The van der Waals surface area contributed by atoms with E-state index in [2.05, 4.69) is 36.3 Å². The van der Waals surface area contributed by atoms with Crippen LogP contribution in [-0.4, -0.2) is 53.5 Å². The number of hydrogen-bond donors (Lipinski definition) is 3. The quantitative estimate of drug-likeness (QED) is 0.732. The van der Waals surface area contributed by atoms with Crippen molar-refractivity contribution in [1.82, 2.24) is 15.5 Å². The number of amides is 2. The lowest BCUT2D eigenvalue weighted by Crippen LogP contribution is -2.55. The molecular weight excluding hydrogens is 318 g/mol. The van der Waals surface area contributed by atoms with Crippen LogP contribution >= 0.6 is 0 Å². The van der Waals surface area contributed by atoms with E-state index in [1.807, 2.05) is 0 Å². The summed E-state index contributed by atoms with van der Waals surface area (Å²) in [6, 6.07) is 6.04. The normalized spacial score (nSPS) is 18.6. The highest BCUT2D eigenvalue weighted by Gasteiger charge is 2.30. The Hall–Kier alpha value is -2.08. The number of aromatic hydroxyl groups is 1. The molecule has 0 aliphatic carbocycles. The summed E-state index contributed by atoms with van der Waals surface area (Å²) in [6.07, 6.45) is 2.46. The lowest BCUT2D eigenvalue weighted by Gasteiger charge is -2.43. The van der Waals surface area contributed by atoms with Crippen molar-refractivity contribution in [3.05, 3.63) is 29.8 Å². The van der Waals surface area contributed by atoms with E-state index in [0.29, 0.717) is 18.0 Å². The Morgan fingerprint density at radius 3 is 2.76 bits per heavy atom. The number of hydrogen-bond acceptors (Lipinski definition) is 4. The Labute approximate surface area is 149 Å². The van der Waals surface area contributed by atoms with Gasteiger partial charge in [0.1, 0.15) is 5.75 Å². The van der Waals surface area contributed by atoms with Crippen LogP contribution in [-0.2, 0) is 4.79 Å². The highest BCUT2D eigenvalue weighted by Crippen LogP contribution is 2.23. The second-order valence-corrected chi connectivity index (χ2v) is 7.52. The van der Waals surface area contributed by atoms with Crippen LogP contribution in [0.3, 0.4) is 0 Å². The third-order valence-electron chi connectivity index (χ3n) is 4.75. The highest BCUT2D eigenvalue weighted by atomic mass is 16.3. The van der Waals surface area contributed by atoms with Crippen LogP contribution in [0.2, 0.25) is 0 Å². The molecule has 1 atom stereocenters. The van der Waals surface area contributed by atoms with Crippen LogP contribution in [0.5, 0.6) is 5.75 Å². The molecule has 138 valence electrons. The molecule has 0 bridgehead atoms. The Morgan fingerprint density at radius 1 is 1.32 bits per heavy atom. The molecule has 2 amide bonds. The predicted octanol–water partition coefficient (Wildman–Crippen LogP) is 1.75. The smallest absolute Gasteiger partial charge is 0.251 e. The molecule has 1 fully saturated rings. The van der Waals surface area contributed by atoms with Crippen molar-refractivity contribution in [3.8, 4) is 5.75 Å². The van der Waals surface area contributed by atoms with E-state index in [1.54, 1.807) is 12.1 Å². The maximum absolute atomic E-state index is 12.0. The molecule has 6 heteroatoms. The van der Waals surface area contributed by atoms with Gasteiger partial charge in [0.25, 0.3) is 5.91 Å². The molecule has 0 spiro atoms. The third kappa shape index (κ3) is 5.74. The van der Waals surface area contributed by atoms with E-state index in [1.165, 1.54) is 25.0 Å². The van der Waals surface area contributed by atoms with E-state index in [-0.39, 0.29) is 29.6 Å². The first-order valence-corrected chi connectivity index (χ1v) is 8.87. The van der Waals surface area contributed by atoms with Gasteiger partial charge in [0.2, 0.25) is 5.91 Å². The first kappa shape index (κ1) is 19.2. The molecule has 0 saturated carbocycles. The van der Waals surface area contributed by atoms with Gasteiger partial charge in [-0.1, -0.05) is 13.0 Å². The number of benzene rings is 1. The van der Waals surface area contributed by atoms with Gasteiger partial charge in [0.05, 0.1) is 6.54 Å². The van der Waals surface area contributed by atoms with Gasteiger partial charge in [0, 0.05) is 24.2 Å². The molecule has 6 nitrogen and oxygen atoms in total. The molecule has 1 aromatic rings. The topological polar surface area (TPSA) is 81.7 Å². The summed E-state index contributed by atoms with van der Waals surface area (Å²) in [5.41, 5.74) is 0.218. The third-order valence-corrected chi connectivity index (χ3v) is 4.75. The van der Waals surface area contributed by atoms with Gasteiger partial charge in [0.15, 0.2) is 0 Å². The van der Waals surface area contributed by atoms with E-state index in [9.17, 15) is 14.7 Å². The van der Waals surface area contributed by atoms with E-state index in [4.69, 9.17) is 0 Å². The summed E-state index contributed by atoms with van der Waals surface area (Å²) in [6.45, 7) is 9.10. The Balaban J connectivity index is 1.77. The van der Waals surface area contributed by atoms with Crippen molar-refractivity contribution in [3.63, 3.8) is 0 Å². The average Bonchev–Trinajstić information content (AvgIpc) is 2.58. The predicted molar refractivity (Wildman–Crippen MR) is 97.5 cm³/mol. The van der Waals surface area contributed by atoms with Crippen molar-refractivity contribution >= 4 is 11.8 Å². The average molecular weight is 347 g/mol. The number of carbonyl (C=O) groups excluding carboxylic acids is 2. The van der Waals surface area contributed by atoms with E-state index < -0.39 is 0 Å². The zero-order chi connectivity index (χ0) is 18.4. The Kier molecular flexibility index (Phi) is 6.42. The van der Waals surface area contributed by atoms with Crippen molar-refractivity contribution in [2.75, 3.05) is 26.2 Å². The number of piperidine rings is 1. The molecule has 0 aromatic heterocycles. The summed E-state index contributed by atoms with van der Waals surface area (Å²) in [5, 5.41) is 14.9. The van der Waals surface area contributed by atoms with E-state index in [0.717, 1.165) is 13.1 Å². The number of phenols is 1. The minimum absolute atomic E-state index is 0.0228. The fraction of sp³-hybridized carbons (Fsp3) is 0.579. The van der Waals surface area contributed by atoms with Crippen LogP contribution in [0.25, 0.3) is 0 Å². The van der Waals surface area contributed by atoms with Crippen molar-refractivity contribution in [2.24, 2.45) is 5.92 Å². The second kappa shape index (κ2) is 8.34. The fourth-order valence-electron chi connectivity index (χ4n) is 3.14. The monoisotopic (exact) mass is 347 g/mol. The fourth-order valence-corrected chi connectivity index (χ4v) is 3.14. The maximum Gasteiger partial charge on any atom is 0.251 e. The Morgan fingerprint density at radius 2 is 2.08 bits per heavy atom. The zero-order valence-electron chi connectivity index (χ0n) is 15.3. The van der Waals surface area contributed by atoms with Crippen molar-refractivity contribution in [1.29, 1.82) is 0 Å². The zero-order valence-corrected chi connectivity index (χ0v) is 15.3. The molecule has 1 heterocycles. The molecule has 1 aromatic carbocycles. The number of phenolic OH excluding ortho intramolecular Hbond substituents is 1. The molecule has 1 saturated heterocycles. The first-order valence-electron chi connectivity index (χ1n) is 8.87. The summed E-state index contributed by atoms with van der Waals surface area (Å²) >= 11 is 0. The molecule has 3 N–H and O–H groups in total. The minimum Gasteiger partial charge on any atom is -0.508 e. The summed E-state index contributed by atoms with van der Waals surface area (Å²) in [7, 11) is 0. The van der Waals surface area contributed by atoms with Crippen LogP contribution in [0.4, 0.5) is 0 Å². The van der Waals surface area contributed by atoms with Gasteiger partial charge in [-0.3, -0.25) is 14.5 Å². The number of carbonyl (C=O) groups is 2. The maximum atomic E-state index is 12.0. The number of nitrogens with zero attached hydrogens (tertiary/aromatic N) is 1. The van der Waals surface area contributed by atoms with Crippen LogP contribution in [0.1, 0.15) is 44.0 Å². The molecule has 1 aliphatic rings. The van der Waals surface area contributed by atoms with Gasteiger partial charge in [-0.2, -0.15) is 0 Å². The molecule has 0 radical (unpaired) electrons.